The van der Waals surface area contributed by atoms with Gasteiger partial charge in [0.2, 0.25) is 0 Å². The standard InChI is InChI=1S/C13H14ClFN2O/c1-8-12(9(2)18-17-8)7-16-6-10-5-11(14)3-4-13(10)15/h3-5,16H,6-7H2,1-2H3. The predicted molar refractivity (Wildman–Crippen MR) is 67.9 cm³/mol. The van der Waals surface area contributed by atoms with Crippen LogP contribution in [0.5, 0.6) is 0 Å². The Hall–Kier alpha value is -1.39. The highest BCUT2D eigenvalue weighted by Crippen LogP contribution is 2.16. The molecule has 0 fully saturated rings. The fraction of sp³-hybridized carbons (Fsp3) is 0.308. The number of aryl methyl sites for hydroxylation is 2. The Labute approximate surface area is 110 Å². The van der Waals surface area contributed by atoms with Crippen LogP contribution in [0.3, 0.4) is 0 Å². The predicted octanol–water partition coefficient (Wildman–Crippen LogP) is 3.37. The number of aromatic nitrogens is 1. The summed E-state index contributed by atoms with van der Waals surface area (Å²) in [5.41, 5.74) is 2.42. The molecule has 5 heteroatoms. The number of nitrogens with one attached hydrogen (secondary N) is 1. The number of benzene rings is 1. The number of rotatable bonds is 4. The minimum Gasteiger partial charge on any atom is -0.361 e. The van der Waals surface area contributed by atoms with E-state index in [9.17, 15) is 4.39 Å². The van der Waals surface area contributed by atoms with Crippen molar-refractivity contribution < 1.29 is 8.91 Å². The molecule has 0 saturated heterocycles. The van der Waals surface area contributed by atoms with Crippen LogP contribution in [0.2, 0.25) is 5.02 Å². The molecule has 18 heavy (non-hydrogen) atoms. The molecule has 1 heterocycles. The van der Waals surface area contributed by atoms with Crippen LogP contribution in [-0.2, 0) is 13.1 Å². The van der Waals surface area contributed by atoms with Gasteiger partial charge in [-0.3, -0.25) is 0 Å². The van der Waals surface area contributed by atoms with Gasteiger partial charge < -0.3 is 9.84 Å². The summed E-state index contributed by atoms with van der Waals surface area (Å²) in [6.45, 7) is 4.74. The first-order valence-corrected chi connectivity index (χ1v) is 6.02. The van der Waals surface area contributed by atoms with Gasteiger partial charge in [-0.25, -0.2) is 4.39 Å². The van der Waals surface area contributed by atoms with Crippen molar-refractivity contribution in [2.75, 3.05) is 0 Å². The van der Waals surface area contributed by atoms with Crippen LogP contribution in [0.15, 0.2) is 22.7 Å². The second-order valence-electron chi connectivity index (χ2n) is 4.14. The Kier molecular flexibility index (Phi) is 3.99. The molecule has 0 amide bonds. The molecular weight excluding hydrogens is 255 g/mol. The van der Waals surface area contributed by atoms with Gasteiger partial charge in [-0.15, -0.1) is 0 Å². The van der Waals surface area contributed by atoms with Gasteiger partial charge >= 0.3 is 0 Å². The van der Waals surface area contributed by atoms with Crippen molar-refractivity contribution in [2.45, 2.75) is 26.9 Å². The van der Waals surface area contributed by atoms with Crippen molar-refractivity contribution in [3.8, 4) is 0 Å². The lowest BCUT2D eigenvalue weighted by Gasteiger charge is -2.06. The lowest BCUT2D eigenvalue weighted by molar-refractivity contribution is 0.392. The Morgan fingerprint density at radius 2 is 2.11 bits per heavy atom. The molecule has 2 rings (SSSR count). The van der Waals surface area contributed by atoms with E-state index in [4.69, 9.17) is 16.1 Å². The number of hydrogen-bond donors (Lipinski definition) is 1. The van der Waals surface area contributed by atoms with Crippen LogP contribution in [0.4, 0.5) is 4.39 Å². The van der Waals surface area contributed by atoms with Crippen molar-refractivity contribution >= 4 is 11.6 Å². The van der Waals surface area contributed by atoms with E-state index in [0.717, 1.165) is 17.0 Å². The molecule has 1 aromatic carbocycles. The second-order valence-corrected chi connectivity index (χ2v) is 4.58. The fourth-order valence-electron chi connectivity index (χ4n) is 1.76. The first-order valence-electron chi connectivity index (χ1n) is 5.64. The van der Waals surface area contributed by atoms with Gasteiger partial charge in [0.15, 0.2) is 0 Å². The van der Waals surface area contributed by atoms with E-state index in [1.54, 1.807) is 6.07 Å². The summed E-state index contributed by atoms with van der Waals surface area (Å²) in [5.74, 6) is 0.525. The molecule has 0 radical (unpaired) electrons. The Bertz CT molecular complexity index is 534. The van der Waals surface area contributed by atoms with Crippen LogP contribution >= 0.6 is 11.6 Å². The zero-order valence-corrected chi connectivity index (χ0v) is 11.0. The zero-order chi connectivity index (χ0) is 13.1. The molecule has 0 bridgehead atoms. The summed E-state index contributed by atoms with van der Waals surface area (Å²) in [7, 11) is 0. The summed E-state index contributed by atoms with van der Waals surface area (Å²) in [6, 6.07) is 4.53. The van der Waals surface area contributed by atoms with Crippen LogP contribution in [0.25, 0.3) is 0 Å². The normalized spacial score (nSPS) is 10.9. The van der Waals surface area contributed by atoms with Gasteiger partial charge in [-0.05, 0) is 32.0 Å². The minimum absolute atomic E-state index is 0.259. The van der Waals surface area contributed by atoms with E-state index in [2.05, 4.69) is 10.5 Å². The summed E-state index contributed by atoms with van der Waals surface area (Å²) < 4.78 is 18.5. The maximum absolute atomic E-state index is 13.5. The lowest BCUT2D eigenvalue weighted by atomic mass is 10.2. The van der Waals surface area contributed by atoms with E-state index in [1.165, 1.54) is 12.1 Å². The largest absolute Gasteiger partial charge is 0.361 e. The number of halogens is 2. The zero-order valence-electron chi connectivity index (χ0n) is 10.3. The maximum Gasteiger partial charge on any atom is 0.138 e. The third-order valence-corrected chi connectivity index (χ3v) is 3.04. The van der Waals surface area contributed by atoms with E-state index in [0.29, 0.717) is 23.7 Å². The highest BCUT2D eigenvalue weighted by Gasteiger charge is 2.09. The van der Waals surface area contributed by atoms with Crippen molar-refractivity contribution in [1.82, 2.24) is 10.5 Å². The molecule has 1 N–H and O–H groups in total. The number of hydrogen-bond acceptors (Lipinski definition) is 3. The Balaban J connectivity index is 1.98. The molecular formula is C13H14ClFN2O. The quantitative estimate of drug-likeness (QED) is 0.924. The SMILES string of the molecule is Cc1noc(C)c1CNCc1cc(Cl)ccc1F. The van der Waals surface area contributed by atoms with Crippen LogP contribution in [0.1, 0.15) is 22.6 Å². The first kappa shape index (κ1) is 13.1. The smallest absolute Gasteiger partial charge is 0.138 e. The van der Waals surface area contributed by atoms with E-state index < -0.39 is 0 Å². The highest BCUT2D eigenvalue weighted by atomic mass is 35.5. The van der Waals surface area contributed by atoms with Crippen molar-refractivity contribution in [3.05, 3.63) is 51.6 Å². The monoisotopic (exact) mass is 268 g/mol. The van der Waals surface area contributed by atoms with E-state index >= 15 is 0 Å². The average Bonchev–Trinajstić information content (AvgIpc) is 2.65. The maximum atomic E-state index is 13.5. The fourth-order valence-corrected chi connectivity index (χ4v) is 1.95. The summed E-state index contributed by atoms with van der Waals surface area (Å²) >= 11 is 5.83. The van der Waals surface area contributed by atoms with Gasteiger partial charge in [-0.2, -0.15) is 0 Å². The second kappa shape index (κ2) is 5.50. The molecule has 0 saturated carbocycles. The van der Waals surface area contributed by atoms with Gasteiger partial charge in [0.1, 0.15) is 11.6 Å². The molecule has 0 spiro atoms. The third kappa shape index (κ3) is 2.89. The van der Waals surface area contributed by atoms with E-state index in [-0.39, 0.29) is 5.82 Å². The summed E-state index contributed by atoms with van der Waals surface area (Å²) in [6.07, 6.45) is 0. The van der Waals surface area contributed by atoms with Gasteiger partial charge in [0.25, 0.3) is 0 Å². The van der Waals surface area contributed by atoms with E-state index in [1.807, 2.05) is 13.8 Å². The summed E-state index contributed by atoms with van der Waals surface area (Å²) in [4.78, 5) is 0. The van der Waals surface area contributed by atoms with Crippen molar-refractivity contribution in [2.24, 2.45) is 0 Å². The first-order chi connectivity index (χ1) is 8.58. The Morgan fingerprint density at radius 3 is 2.78 bits per heavy atom. The molecule has 3 nitrogen and oxygen atoms in total. The Morgan fingerprint density at radius 1 is 1.33 bits per heavy atom. The molecule has 96 valence electrons. The lowest BCUT2D eigenvalue weighted by Crippen LogP contribution is -2.14. The molecule has 0 aliphatic heterocycles. The highest BCUT2D eigenvalue weighted by molar-refractivity contribution is 6.30. The van der Waals surface area contributed by atoms with Crippen molar-refractivity contribution in [1.29, 1.82) is 0 Å². The summed E-state index contributed by atoms with van der Waals surface area (Å²) in [5, 5.41) is 7.55. The minimum atomic E-state index is -0.259. The number of nitrogens with zero attached hydrogens (tertiary/aromatic N) is 1. The molecule has 0 atom stereocenters. The van der Waals surface area contributed by atoms with Gasteiger partial charge in [0.05, 0.1) is 5.69 Å². The molecule has 0 aliphatic rings. The third-order valence-electron chi connectivity index (χ3n) is 2.81. The van der Waals surface area contributed by atoms with Crippen LogP contribution < -0.4 is 5.32 Å². The average molecular weight is 269 g/mol. The topological polar surface area (TPSA) is 38.1 Å². The molecule has 0 unspecified atom stereocenters. The van der Waals surface area contributed by atoms with Crippen LogP contribution in [-0.4, -0.2) is 5.16 Å². The van der Waals surface area contributed by atoms with Gasteiger partial charge in [0, 0.05) is 29.2 Å². The van der Waals surface area contributed by atoms with Gasteiger partial charge in [-0.1, -0.05) is 16.8 Å². The molecule has 0 aliphatic carbocycles. The molecule has 2 aromatic rings. The molecule has 1 aromatic heterocycles. The van der Waals surface area contributed by atoms with Crippen molar-refractivity contribution in [3.63, 3.8) is 0 Å². The van der Waals surface area contributed by atoms with Crippen LogP contribution in [0, 0.1) is 19.7 Å².